The lowest BCUT2D eigenvalue weighted by molar-refractivity contribution is 0.413. The number of aromatic nitrogens is 2. The summed E-state index contributed by atoms with van der Waals surface area (Å²) in [6.07, 6.45) is 1.78. The molecule has 0 amide bonds. The lowest BCUT2D eigenvalue weighted by atomic mass is 9.84. The Morgan fingerprint density at radius 1 is 1.28 bits per heavy atom. The summed E-state index contributed by atoms with van der Waals surface area (Å²) < 4.78 is 1.85. The van der Waals surface area contributed by atoms with Gasteiger partial charge >= 0.3 is 0 Å². The molecule has 0 spiro atoms. The van der Waals surface area contributed by atoms with Gasteiger partial charge in [-0.15, -0.1) is 0 Å². The number of hydrogen-bond acceptors (Lipinski definition) is 4. The molecule has 1 aliphatic rings. The summed E-state index contributed by atoms with van der Waals surface area (Å²) in [6.45, 7) is 2.08. The quantitative estimate of drug-likeness (QED) is 0.779. The van der Waals surface area contributed by atoms with E-state index in [9.17, 15) is 0 Å². The number of fused-ring (bicyclic) bond motifs is 1. The van der Waals surface area contributed by atoms with Crippen LogP contribution in [-0.4, -0.2) is 15.6 Å². The molecule has 3 N–H and O–H groups in total. The van der Waals surface area contributed by atoms with E-state index >= 15 is 0 Å². The minimum atomic E-state index is -0.412. The van der Waals surface area contributed by atoms with Gasteiger partial charge in [-0.1, -0.05) is 24.3 Å². The fourth-order valence-corrected chi connectivity index (χ4v) is 2.49. The highest BCUT2D eigenvalue weighted by Gasteiger charge is 2.36. The van der Waals surface area contributed by atoms with Gasteiger partial charge in [-0.3, -0.25) is 10.1 Å². The van der Waals surface area contributed by atoms with E-state index in [0.29, 0.717) is 5.84 Å². The van der Waals surface area contributed by atoms with Crippen molar-refractivity contribution in [1.82, 2.24) is 15.2 Å². The molecule has 2 aromatic rings. The van der Waals surface area contributed by atoms with Crippen LogP contribution in [0, 0.1) is 0 Å². The zero-order chi connectivity index (χ0) is 12.8. The number of hydrazone groups is 1. The number of hydrogen-bond donors (Lipinski definition) is 2. The third-order valence-corrected chi connectivity index (χ3v) is 3.47. The minimum Gasteiger partial charge on any atom is -0.382 e. The number of benzene rings is 1. The maximum atomic E-state index is 5.92. The molecule has 0 aliphatic carbocycles. The molecule has 5 heteroatoms. The molecule has 0 fully saturated rings. The first-order valence-corrected chi connectivity index (χ1v) is 5.81. The number of aryl methyl sites for hydroxylation is 1. The molecule has 1 aliphatic heterocycles. The minimum absolute atomic E-state index is 0.412. The van der Waals surface area contributed by atoms with Crippen LogP contribution in [0.25, 0.3) is 0 Å². The molecule has 2 heterocycles. The van der Waals surface area contributed by atoms with Crippen molar-refractivity contribution in [2.75, 3.05) is 0 Å². The smallest absolute Gasteiger partial charge is 0.150 e. The van der Waals surface area contributed by atoms with Crippen LogP contribution in [-0.2, 0) is 12.6 Å². The van der Waals surface area contributed by atoms with E-state index in [1.165, 1.54) is 0 Å². The Hall–Kier alpha value is -2.30. The Bertz CT molecular complexity index is 628. The average Bonchev–Trinajstić information content (AvgIpc) is 2.82. The number of nitrogens with two attached hydrogens (primary N) is 1. The van der Waals surface area contributed by atoms with Gasteiger partial charge in [0, 0.05) is 18.8 Å². The van der Waals surface area contributed by atoms with Gasteiger partial charge in [-0.25, -0.2) is 0 Å². The van der Waals surface area contributed by atoms with E-state index in [-0.39, 0.29) is 0 Å². The predicted molar refractivity (Wildman–Crippen MR) is 70.0 cm³/mol. The van der Waals surface area contributed by atoms with Gasteiger partial charge in [0.1, 0.15) is 5.54 Å². The third kappa shape index (κ3) is 1.33. The van der Waals surface area contributed by atoms with Crippen LogP contribution in [0.5, 0.6) is 0 Å². The lowest BCUT2D eigenvalue weighted by Gasteiger charge is -2.34. The van der Waals surface area contributed by atoms with Crippen molar-refractivity contribution >= 4 is 5.84 Å². The molecule has 0 saturated carbocycles. The van der Waals surface area contributed by atoms with Crippen LogP contribution in [0.15, 0.2) is 41.6 Å². The summed E-state index contributed by atoms with van der Waals surface area (Å²) in [5, 5.41) is 8.45. The van der Waals surface area contributed by atoms with Crippen molar-refractivity contribution in [3.8, 4) is 0 Å². The van der Waals surface area contributed by atoms with Crippen molar-refractivity contribution < 1.29 is 0 Å². The summed E-state index contributed by atoms with van der Waals surface area (Å²) in [6, 6.07) is 10.0. The van der Waals surface area contributed by atoms with Gasteiger partial charge in [-0.2, -0.15) is 10.2 Å². The molecule has 0 radical (unpaired) electrons. The van der Waals surface area contributed by atoms with Gasteiger partial charge < -0.3 is 5.73 Å². The number of amidine groups is 1. The first kappa shape index (κ1) is 10.8. The zero-order valence-corrected chi connectivity index (χ0v) is 10.4. The van der Waals surface area contributed by atoms with Crippen molar-refractivity contribution in [1.29, 1.82) is 0 Å². The number of nitrogens with zero attached hydrogens (tertiary/aromatic N) is 3. The second-order valence-electron chi connectivity index (χ2n) is 4.62. The van der Waals surface area contributed by atoms with E-state index in [1.54, 1.807) is 6.20 Å². The monoisotopic (exact) mass is 241 g/mol. The molecule has 3 rings (SSSR count). The highest BCUT2D eigenvalue weighted by atomic mass is 15.4. The Labute approximate surface area is 105 Å². The zero-order valence-electron chi connectivity index (χ0n) is 10.4. The standard InChI is InChI=1S/C13H15N5/c1-13(11-7-8-15-18(11)2)10-6-4-3-5-9(10)12(14)16-17-13/h3-8,17H,1-2H3,(H2,14,16). The van der Waals surface area contributed by atoms with Crippen molar-refractivity contribution in [3.05, 3.63) is 53.3 Å². The van der Waals surface area contributed by atoms with E-state index in [2.05, 4.69) is 28.6 Å². The average molecular weight is 241 g/mol. The highest BCUT2D eigenvalue weighted by Crippen LogP contribution is 2.33. The molecular formula is C13H15N5. The van der Waals surface area contributed by atoms with E-state index < -0.39 is 5.54 Å². The Morgan fingerprint density at radius 2 is 2.06 bits per heavy atom. The van der Waals surface area contributed by atoms with Crippen molar-refractivity contribution in [2.45, 2.75) is 12.5 Å². The fraction of sp³-hybridized carbons (Fsp3) is 0.231. The SMILES string of the molecule is Cn1nccc1C1(C)NN=C(N)c2ccccc21. The van der Waals surface area contributed by atoms with Gasteiger partial charge in [0.2, 0.25) is 0 Å². The maximum absolute atomic E-state index is 5.92. The van der Waals surface area contributed by atoms with E-state index in [0.717, 1.165) is 16.8 Å². The van der Waals surface area contributed by atoms with Crippen LogP contribution in [0.3, 0.4) is 0 Å². The molecule has 0 saturated heterocycles. The molecule has 1 aromatic carbocycles. The van der Waals surface area contributed by atoms with Gasteiger partial charge in [0.25, 0.3) is 0 Å². The van der Waals surface area contributed by atoms with Gasteiger partial charge in [0.15, 0.2) is 5.84 Å². The van der Waals surface area contributed by atoms with E-state index in [4.69, 9.17) is 5.73 Å². The van der Waals surface area contributed by atoms with Crippen LogP contribution in [0.4, 0.5) is 0 Å². The van der Waals surface area contributed by atoms with Crippen LogP contribution < -0.4 is 11.2 Å². The molecule has 1 aromatic heterocycles. The summed E-state index contributed by atoms with van der Waals surface area (Å²) in [5.41, 5.74) is 11.8. The molecule has 1 atom stereocenters. The molecule has 18 heavy (non-hydrogen) atoms. The molecule has 92 valence electrons. The second kappa shape index (κ2) is 3.60. The third-order valence-electron chi connectivity index (χ3n) is 3.47. The first-order valence-electron chi connectivity index (χ1n) is 5.81. The van der Waals surface area contributed by atoms with Crippen LogP contribution in [0.1, 0.15) is 23.7 Å². The van der Waals surface area contributed by atoms with Crippen molar-refractivity contribution in [2.24, 2.45) is 17.9 Å². The lowest BCUT2D eigenvalue weighted by Crippen LogP contribution is -2.45. The van der Waals surface area contributed by atoms with Crippen molar-refractivity contribution in [3.63, 3.8) is 0 Å². The Morgan fingerprint density at radius 3 is 2.78 bits per heavy atom. The summed E-state index contributed by atoms with van der Waals surface area (Å²) in [5.74, 6) is 0.519. The molecule has 5 nitrogen and oxygen atoms in total. The fourth-order valence-electron chi connectivity index (χ4n) is 2.49. The molecule has 1 unspecified atom stereocenters. The predicted octanol–water partition coefficient (Wildman–Crippen LogP) is 0.907. The topological polar surface area (TPSA) is 68.2 Å². The molecular weight excluding hydrogens is 226 g/mol. The second-order valence-corrected chi connectivity index (χ2v) is 4.62. The number of rotatable bonds is 1. The number of nitrogens with one attached hydrogen (secondary N) is 1. The van der Waals surface area contributed by atoms with Gasteiger partial charge in [0.05, 0.1) is 5.69 Å². The normalized spacial score (nSPS) is 22.0. The highest BCUT2D eigenvalue weighted by molar-refractivity contribution is 6.00. The largest absolute Gasteiger partial charge is 0.382 e. The van der Waals surface area contributed by atoms with E-state index in [1.807, 2.05) is 36.0 Å². The first-order chi connectivity index (χ1) is 8.63. The Kier molecular flexibility index (Phi) is 2.16. The molecule has 0 bridgehead atoms. The Balaban J connectivity index is 2.24. The summed E-state index contributed by atoms with van der Waals surface area (Å²) in [7, 11) is 1.92. The van der Waals surface area contributed by atoms with Gasteiger partial charge in [-0.05, 0) is 18.6 Å². The summed E-state index contributed by atoms with van der Waals surface area (Å²) >= 11 is 0. The van der Waals surface area contributed by atoms with Crippen LogP contribution >= 0.6 is 0 Å². The van der Waals surface area contributed by atoms with Crippen LogP contribution in [0.2, 0.25) is 0 Å². The summed E-state index contributed by atoms with van der Waals surface area (Å²) in [4.78, 5) is 0. The maximum Gasteiger partial charge on any atom is 0.150 e.